The van der Waals surface area contributed by atoms with Crippen molar-refractivity contribution in [2.75, 3.05) is 13.2 Å². The highest BCUT2D eigenvalue weighted by atomic mass is 16.5. The lowest BCUT2D eigenvalue weighted by atomic mass is 10.1. The number of para-hydroxylation sites is 2. The van der Waals surface area contributed by atoms with E-state index in [-0.39, 0.29) is 6.54 Å². The molecule has 0 spiro atoms. The number of nitrogens with one attached hydrogen (secondary N) is 2. The first-order chi connectivity index (χ1) is 16.5. The number of aliphatic hydroxyl groups is 1. The molecule has 8 heteroatoms. The molecule has 3 rings (SSSR count). The van der Waals surface area contributed by atoms with Crippen molar-refractivity contribution in [1.29, 1.82) is 0 Å². The second-order valence-electron chi connectivity index (χ2n) is 7.41. The molecule has 2 atom stereocenters. The van der Waals surface area contributed by atoms with E-state index in [4.69, 9.17) is 9.47 Å². The number of hydrogen-bond acceptors (Lipinski definition) is 6. The molecule has 0 bridgehead atoms. The van der Waals surface area contributed by atoms with Gasteiger partial charge in [0, 0.05) is 12.1 Å². The SMILES string of the molecule is CC(Oc1ccccc1)C(=O)NCC(NC(=O)c1ccc(Oc2ccccc2)cc1)C(=O)CO. The average molecular weight is 463 g/mol. The number of benzene rings is 3. The number of amides is 2. The topological polar surface area (TPSA) is 114 Å². The molecule has 2 unspecified atom stereocenters. The van der Waals surface area contributed by atoms with E-state index in [1.54, 1.807) is 55.5 Å². The van der Waals surface area contributed by atoms with Crippen molar-refractivity contribution in [3.63, 3.8) is 0 Å². The van der Waals surface area contributed by atoms with Gasteiger partial charge >= 0.3 is 0 Å². The molecule has 0 radical (unpaired) electrons. The summed E-state index contributed by atoms with van der Waals surface area (Å²) in [7, 11) is 0. The molecular weight excluding hydrogens is 436 g/mol. The maximum atomic E-state index is 12.6. The molecule has 3 aromatic rings. The molecule has 3 aromatic carbocycles. The highest BCUT2D eigenvalue weighted by Crippen LogP contribution is 2.21. The minimum Gasteiger partial charge on any atom is -0.481 e. The molecule has 0 aromatic heterocycles. The van der Waals surface area contributed by atoms with Gasteiger partial charge in [0.15, 0.2) is 11.9 Å². The van der Waals surface area contributed by atoms with E-state index in [0.717, 1.165) is 0 Å². The molecule has 0 heterocycles. The third-order valence-corrected chi connectivity index (χ3v) is 4.85. The van der Waals surface area contributed by atoms with Gasteiger partial charge in [0.2, 0.25) is 0 Å². The van der Waals surface area contributed by atoms with Gasteiger partial charge in [-0.2, -0.15) is 0 Å². The predicted octanol–water partition coefficient (Wildman–Crippen LogP) is 2.72. The van der Waals surface area contributed by atoms with Gasteiger partial charge in [0.25, 0.3) is 11.8 Å². The average Bonchev–Trinajstić information content (AvgIpc) is 2.87. The molecule has 0 saturated carbocycles. The van der Waals surface area contributed by atoms with E-state index in [1.165, 1.54) is 0 Å². The van der Waals surface area contributed by atoms with Gasteiger partial charge in [0.1, 0.15) is 29.9 Å². The van der Waals surface area contributed by atoms with E-state index in [1.807, 2.05) is 36.4 Å². The van der Waals surface area contributed by atoms with Crippen LogP contribution in [-0.4, -0.2) is 48.0 Å². The lowest BCUT2D eigenvalue weighted by molar-refractivity contribution is -0.128. The first-order valence-electron chi connectivity index (χ1n) is 10.7. The first-order valence-corrected chi connectivity index (χ1v) is 10.7. The summed E-state index contributed by atoms with van der Waals surface area (Å²) in [5.41, 5.74) is 0.295. The highest BCUT2D eigenvalue weighted by Gasteiger charge is 2.23. The van der Waals surface area contributed by atoms with Crippen LogP contribution >= 0.6 is 0 Å². The van der Waals surface area contributed by atoms with Gasteiger partial charge < -0.3 is 25.2 Å². The number of ether oxygens (including phenoxy) is 2. The van der Waals surface area contributed by atoms with Crippen molar-refractivity contribution in [3.05, 3.63) is 90.5 Å². The first kappa shape index (κ1) is 24.5. The van der Waals surface area contributed by atoms with Crippen molar-refractivity contribution in [3.8, 4) is 17.2 Å². The molecule has 0 saturated heterocycles. The van der Waals surface area contributed by atoms with Gasteiger partial charge in [-0.3, -0.25) is 14.4 Å². The van der Waals surface area contributed by atoms with Crippen molar-refractivity contribution in [2.45, 2.75) is 19.1 Å². The number of hydrogen-bond donors (Lipinski definition) is 3. The Hall–Kier alpha value is -4.17. The maximum absolute atomic E-state index is 12.6. The van der Waals surface area contributed by atoms with Crippen LogP contribution in [0.25, 0.3) is 0 Å². The predicted molar refractivity (Wildman–Crippen MR) is 126 cm³/mol. The molecule has 0 aliphatic carbocycles. The Kier molecular flexibility index (Phi) is 8.76. The van der Waals surface area contributed by atoms with Crippen LogP contribution in [0.5, 0.6) is 17.2 Å². The molecule has 176 valence electrons. The van der Waals surface area contributed by atoms with Crippen molar-refractivity contribution < 1.29 is 29.0 Å². The summed E-state index contributed by atoms with van der Waals surface area (Å²) < 4.78 is 11.3. The monoisotopic (exact) mass is 462 g/mol. The van der Waals surface area contributed by atoms with Gasteiger partial charge in [0.05, 0.1) is 0 Å². The van der Waals surface area contributed by atoms with Gasteiger partial charge in [-0.1, -0.05) is 36.4 Å². The fourth-order valence-corrected chi connectivity index (χ4v) is 3.00. The number of carbonyl (C=O) groups is 3. The van der Waals surface area contributed by atoms with Crippen LogP contribution in [0.1, 0.15) is 17.3 Å². The molecule has 3 N–H and O–H groups in total. The Morgan fingerprint density at radius 1 is 0.824 bits per heavy atom. The van der Waals surface area contributed by atoms with Gasteiger partial charge in [-0.15, -0.1) is 0 Å². The Morgan fingerprint density at radius 3 is 1.97 bits per heavy atom. The van der Waals surface area contributed by atoms with E-state index in [2.05, 4.69) is 10.6 Å². The van der Waals surface area contributed by atoms with E-state index in [0.29, 0.717) is 22.8 Å². The third-order valence-electron chi connectivity index (χ3n) is 4.85. The smallest absolute Gasteiger partial charge is 0.260 e. The second kappa shape index (κ2) is 12.2. The number of aliphatic hydroxyl groups excluding tert-OH is 1. The van der Waals surface area contributed by atoms with Crippen molar-refractivity contribution in [2.24, 2.45) is 0 Å². The summed E-state index contributed by atoms with van der Waals surface area (Å²) in [5.74, 6) is 0.118. The zero-order valence-electron chi connectivity index (χ0n) is 18.6. The Morgan fingerprint density at radius 2 is 1.38 bits per heavy atom. The van der Waals surface area contributed by atoms with Crippen LogP contribution in [0.2, 0.25) is 0 Å². The molecule has 8 nitrogen and oxygen atoms in total. The van der Waals surface area contributed by atoms with Crippen molar-refractivity contribution >= 4 is 17.6 Å². The summed E-state index contributed by atoms with van der Waals surface area (Å²) in [6, 6.07) is 23.3. The van der Waals surface area contributed by atoms with E-state index >= 15 is 0 Å². The number of Topliss-reactive ketones (excluding diaryl/α,β-unsaturated/α-hetero) is 1. The number of rotatable bonds is 11. The summed E-state index contributed by atoms with van der Waals surface area (Å²) in [6.45, 7) is 0.602. The highest BCUT2D eigenvalue weighted by molar-refractivity contribution is 5.98. The summed E-state index contributed by atoms with van der Waals surface area (Å²) in [5, 5.41) is 14.4. The zero-order valence-corrected chi connectivity index (χ0v) is 18.6. The van der Waals surface area contributed by atoms with Gasteiger partial charge in [-0.05, 0) is 55.5 Å². The standard InChI is InChI=1S/C26H26N2O6/c1-18(33-20-8-4-2-5-9-20)25(31)27-16-23(24(30)17-29)28-26(32)19-12-14-22(15-13-19)34-21-10-6-3-7-11-21/h2-15,18,23,29H,16-17H2,1H3,(H,27,31)(H,28,32). The summed E-state index contributed by atoms with van der Waals surface area (Å²) in [6.07, 6.45) is -0.819. The molecule has 2 amide bonds. The van der Waals surface area contributed by atoms with Crippen LogP contribution in [0.4, 0.5) is 0 Å². The van der Waals surface area contributed by atoms with Crippen LogP contribution < -0.4 is 20.1 Å². The lowest BCUT2D eigenvalue weighted by Gasteiger charge is -2.20. The molecule has 0 aliphatic rings. The fraction of sp³-hybridized carbons (Fsp3) is 0.192. The Balaban J connectivity index is 1.56. The zero-order chi connectivity index (χ0) is 24.3. The number of ketones is 1. The normalized spacial score (nSPS) is 12.2. The number of carbonyl (C=O) groups excluding carboxylic acids is 3. The van der Waals surface area contributed by atoms with Crippen LogP contribution in [-0.2, 0) is 9.59 Å². The second-order valence-corrected chi connectivity index (χ2v) is 7.41. The molecule has 0 aliphatic heterocycles. The van der Waals surface area contributed by atoms with Crippen molar-refractivity contribution in [1.82, 2.24) is 10.6 Å². The summed E-state index contributed by atoms with van der Waals surface area (Å²) in [4.78, 5) is 37.2. The van der Waals surface area contributed by atoms with Crippen LogP contribution in [0.15, 0.2) is 84.9 Å². The lowest BCUT2D eigenvalue weighted by Crippen LogP contribution is -2.51. The summed E-state index contributed by atoms with van der Waals surface area (Å²) >= 11 is 0. The van der Waals surface area contributed by atoms with E-state index in [9.17, 15) is 19.5 Å². The molecule has 34 heavy (non-hydrogen) atoms. The minimum absolute atomic E-state index is 0.193. The minimum atomic E-state index is -1.11. The van der Waals surface area contributed by atoms with Gasteiger partial charge in [-0.25, -0.2) is 0 Å². The van der Waals surface area contributed by atoms with Crippen LogP contribution in [0, 0.1) is 0 Å². The largest absolute Gasteiger partial charge is 0.481 e. The maximum Gasteiger partial charge on any atom is 0.260 e. The molecule has 0 fully saturated rings. The Labute approximate surface area is 197 Å². The van der Waals surface area contributed by atoms with E-state index < -0.39 is 36.4 Å². The Bertz CT molecular complexity index is 1090. The third kappa shape index (κ3) is 7.18. The molecular formula is C26H26N2O6. The van der Waals surface area contributed by atoms with Crippen LogP contribution in [0.3, 0.4) is 0 Å². The quantitative estimate of drug-likeness (QED) is 0.404. The fourth-order valence-electron chi connectivity index (χ4n) is 3.00.